The SMILES string of the molecule is NCC(c1cccnc1)c1c[nH]c2ccccc12. The second kappa shape index (κ2) is 4.63. The normalized spacial score (nSPS) is 12.7. The lowest BCUT2D eigenvalue weighted by Gasteiger charge is -2.14. The molecule has 0 bridgehead atoms. The quantitative estimate of drug-likeness (QED) is 0.735. The lowest BCUT2D eigenvalue weighted by molar-refractivity contribution is 0.820. The first-order valence-electron chi connectivity index (χ1n) is 6.06. The van der Waals surface area contributed by atoms with Gasteiger partial charge in [-0.2, -0.15) is 0 Å². The second-order valence-corrected chi connectivity index (χ2v) is 4.36. The molecule has 0 aliphatic heterocycles. The van der Waals surface area contributed by atoms with Gasteiger partial charge in [0.15, 0.2) is 0 Å². The zero-order chi connectivity index (χ0) is 12.4. The number of rotatable bonds is 3. The van der Waals surface area contributed by atoms with Crippen LogP contribution in [0, 0.1) is 0 Å². The number of para-hydroxylation sites is 1. The highest BCUT2D eigenvalue weighted by Crippen LogP contribution is 2.29. The predicted octanol–water partition coefficient (Wildman–Crippen LogP) is 2.65. The first-order chi connectivity index (χ1) is 8.90. The molecule has 0 aliphatic carbocycles. The Labute approximate surface area is 106 Å². The Balaban J connectivity index is 2.12. The van der Waals surface area contributed by atoms with Crippen molar-refractivity contribution in [3.8, 4) is 0 Å². The third-order valence-corrected chi connectivity index (χ3v) is 3.32. The van der Waals surface area contributed by atoms with Crippen molar-refractivity contribution >= 4 is 10.9 Å². The maximum absolute atomic E-state index is 5.95. The van der Waals surface area contributed by atoms with E-state index in [1.54, 1.807) is 6.20 Å². The predicted molar refractivity (Wildman–Crippen MR) is 73.4 cm³/mol. The Morgan fingerprint density at radius 1 is 1.17 bits per heavy atom. The summed E-state index contributed by atoms with van der Waals surface area (Å²) in [4.78, 5) is 7.47. The summed E-state index contributed by atoms with van der Waals surface area (Å²) in [6.07, 6.45) is 5.72. The highest BCUT2D eigenvalue weighted by atomic mass is 14.7. The fraction of sp³-hybridized carbons (Fsp3) is 0.133. The van der Waals surface area contributed by atoms with E-state index in [0.717, 1.165) is 11.1 Å². The van der Waals surface area contributed by atoms with Gasteiger partial charge in [0.2, 0.25) is 0 Å². The average Bonchev–Trinajstić information content (AvgIpc) is 2.85. The molecule has 0 saturated heterocycles. The summed E-state index contributed by atoms with van der Waals surface area (Å²) in [6, 6.07) is 12.3. The molecule has 1 aromatic carbocycles. The van der Waals surface area contributed by atoms with Crippen LogP contribution in [-0.4, -0.2) is 16.5 Å². The summed E-state index contributed by atoms with van der Waals surface area (Å²) in [5, 5.41) is 1.23. The molecule has 0 aliphatic rings. The monoisotopic (exact) mass is 237 g/mol. The van der Waals surface area contributed by atoms with E-state index < -0.39 is 0 Å². The van der Waals surface area contributed by atoms with Gasteiger partial charge in [-0.15, -0.1) is 0 Å². The van der Waals surface area contributed by atoms with Crippen molar-refractivity contribution < 1.29 is 0 Å². The number of aromatic amines is 1. The van der Waals surface area contributed by atoms with Crippen LogP contribution in [0.1, 0.15) is 17.0 Å². The minimum Gasteiger partial charge on any atom is -0.361 e. The highest BCUT2D eigenvalue weighted by molar-refractivity contribution is 5.84. The Hall–Kier alpha value is -2.13. The van der Waals surface area contributed by atoms with Gasteiger partial charge >= 0.3 is 0 Å². The molecule has 0 saturated carbocycles. The number of pyridine rings is 1. The molecule has 3 heteroatoms. The van der Waals surface area contributed by atoms with Crippen LogP contribution in [0.2, 0.25) is 0 Å². The molecule has 2 aromatic heterocycles. The standard InChI is InChI=1S/C15H15N3/c16-8-13(11-4-3-7-17-9-11)14-10-18-15-6-2-1-5-12(14)15/h1-7,9-10,13,18H,8,16H2. The Morgan fingerprint density at radius 3 is 2.83 bits per heavy atom. The summed E-state index contributed by atoms with van der Waals surface area (Å²) in [6.45, 7) is 0.577. The van der Waals surface area contributed by atoms with Crippen LogP contribution >= 0.6 is 0 Å². The lowest BCUT2D eigenvalue weighted by atomic mass is 9.92. The fourth-order valence-electron chi connectivity index (χ4n) is 2.41. The van der Waals surface area contributed by atoms with Crippen LogP contribution in [0.25, 0.3) is 10.9 Å². The molecule has 0 fully saturated rings. The van der Waals surface area contributed by atoms with Crippen molar-refractivity contribution in [2.75, 3.05) is 6.54 Å². The third-order valence-electron chi connectivity index (χ3n) is 3.32. The van der Waals surface area contributed by atoms with Crippen LogP contribution in [0.5, 0.6) is 0 Å². The van der Waals surface area contributed by atoms with E-state index in [4.69, 9.17) is 5.73 Å². The summed E-state index contributed by atoms with van der Waals surface area (Å²) in [5.41, 5.74) is 9.49. The molecule has 0 radical (unpaired) electrons. The number of H-pyrrole nitrogens is 1. The molecule has 3 aromatic rings. The largest absolute Gasteiger partial charge is 0.361 e. The van der Waals surface area contributed by atoms with E-state index in [-0.39, 0.29) is 5.92 Å². The smallest absolute Gasteiger partial charge is 0.0457 e. The molecule has 90 valence electrons. The van der Waals surface area contributed by atoms with Gasteiger partial charge in [-0.25, -0.2) is 0 Å². The number of hydrogen-bond donors (Lipinski definition) is 2. The van der Waals surface area contributed by atoms with E-state index in [1.165, 1.54) is 10.9 Å². The molecule has 1 unspecified atom stereocenters. The van der Waals surface area contributed by atoms with E-state index in [1.807, 2.05) is 18.3 Å². The zero-order valence-corrected chi connectivity index (χ0v) is 10.0. The highest BCUT2D eigenvalue weighted by Gasteiger charge is 2.16. The van der Waals surface area contributed by atoms with Crippen molar-refractivity contribution in [2.24, 2.45) is 5.73 Å². The Bertz CT molecular complexity index is 643. The van der Waals surface area contributed by atoms with Gasteiger partial charge in [0.1, 0.15) is 0 Å². The molecule has 3 rings (SSSR count). The van der Waals surface area contributed by atoms with Gasteiger partial charge < -0.3 is 10.7 Å². The average molecular weight is 237 g/mol. The maximum atomic E-state index is 5.95. The fourth-order valence-corrected chi connectivity index (χ4v) is 2.41. The van der Waals surface area contributed by atoms with Gasteiger partial charge in [0.05, 0.1) is 0 Å². The first-order valence-corrected chi connectivity index (χ1v) is 6.06. The topological polar surface area (TPSA) is 54.7 Å². The maximum Gasteiger partial charge on any atom is 0.0457 e. The van der Waals surface area contributed by atoms with Crippen LogP contribution in [-0.2, 0) is 0 Å². The van der Waals surface area contributed by atoms with E-state index in [0.29, 0.717) is 6.54 Å². The van der Waals surface area contributed by atoms with Crippen LogP contribution < -0.4 is 5.73 Å². The number of nitrogens with zero attached hydrogens (tertiary/aromatic N) is 1. The number of nitrogens with one attached hydrogen (secondary N) is 1. The van der Waals surface area contributed by atoms with Crippen LogP contribution in [0.15, 0.2) is 55.0 Å². The Kier molecular flexibility index (Phi) is 2.82. The molecule has 2 heterocycles. The van der Waals surface area contributed by atoms with Gasteiger partial charge in [0, 0.05) is 42.0 Å². The van der Waals surface area contributed by atoms with Crippen molar-refractivity contribution in [3.63, 3.8) is 0 Å². The number of fused-ring (bicyclic) bond motifs is 1. The number of aromatic nitrogens is 2. The van der Waals surface area contributed by atoms with Crippen molar-refractivity contribution in [2.45, 2.75) is 5.92 Å². The molecular formula is C15H15N3. The molecule has 0 amide bonds. The van der Waals surface area contributed by atoms with E-state index in [2.05, 4.69) is 40.4 Å². The minimum atomic E-state index is 0.190. The summed E-state index contributed by atoms with van der Waals surface area (Å²) >= 11 is 0. The first kappa shape index (κ1) is 11.0. The molecule has 0 spiro atoms. The van der Waals surface area contributed by atoms with Gasteiger partial charge in [-0.3, -0.25) is 4.98 Å². The van der Waals surface area contributed by atoms with E-state index in [9.17, 15) is 0 Å². The van der Waals surface area contributed by atoms with Crippen LogP contribution in [0.3, 0.4) is 0 Å². The minimum absolute atomic E-state index is 0.190. The summed E-state index contributed by atoms with van der Waals surface area (Å²) in [7, 11) is 0. The summed E-state index contributed by atoms with van der Waals surface area (Å²) in [5.74, 6) is 0.190. The molecule has 3 N–H and O–H groups in total. The van der Waals surface area contributed by atoms with Gasteiger partial charge in [-0.05, 0) is 23.3 Å². The Morgan fingerprint density at radius 2 is 2.06 bits per heavy atom. The van der Waals surface area contributed by atoms with Crippen molar-refractivity contribution in [3.05, 3.63) is 66.1 Å². The second-order valence-electron chi connectivity index (χ2n) is 4.36. The van der Waals surface area contributed by atoms with E-state index >= 15 is 0 Å². The number of hydrogen-bond acceptors (Lipinski definition) is 2. The number of nitrogens with two attached hydrogens (primary N) is 1. The molecular weight excluding hydrogens is 222 g/mol. The summed E-state index contributed by atoms with van der Waals surface area (Å²) < 4.78 is 0. The number of benzene rings is 1. The lowest BCUT2D eigenvalue weighted by Crippen LogP contribution is -2.13. The van der Waals surface area contributed by atoms with Gasteiger partial charge in [-0.1, -0.05) is 24.3 Å². The molecule has 18 heavy (non-hydrogen) atoms. The van der Waals surface area contributed by atoms with Gasteiger partial charge in [0.25, 0.3) is 0 Å². The van der Waals surface area contributed by atoms with Crippen molar-refractivity contribution in [1.29, 1.82) is 0 Å². The molecule has 1 atom stereocenters. The van der Waals surface area contributed by atoms with Crippen molar-refractivity contribution in [1.82, 2.24) is 9.97 Å². The third kappa shape index (κ3) is 1.79. The molecule has 3 nitrogen and oxygen atoms in total. The zero-order valence-electron chi connectivity index (χ0n) is 10.0. The van der Waals surface area contributed by atoms with Crippen LogP contribution in [0.4, 0.5) is 0 Å².